The van der Waals surface area contributed by atoms with Crippen molar-refractivity contribution in [3.8, 4) is 17.2 Å². The molecule has 0 bridgehead atoms. The topological polar surface area (TPSA) is 124 Å². The smallest absolute Gasteiger partial charge is 0.322 e. The monoisotopic (exact) mass is 486 g/mol. The van der Waals surface area contributed by atoms with E-state index in [9.17, 15) is 13.2 Å². The fourth-order valence-electron chi connectivity index (χ4n) is 3.67. The largest absolute Gasteiger partial charge is 0.494 e. The molecule has 34 heavy (non-hydrogen) atoms. The summed E-state index contributed by atoms with van der Waals surface area (Å²) in [5.74, 6) is 0.468. The second-order valence-electron chi connectivity index (χ2n) is 7.93. The summed E-state index contributed by atoms with van der Waals surface area (Å²) in [6.07, 6.45) is -0.379. The molecule has 0 saturated carbocycles. The number of nitrogens with zero attached hydrogens (tertiary/aromatic N) is 3. The SMILES string of the molecule is CCOc1ccc(-c2nnc(NC(=O)c3ccc(S(=O)(=O)N4CC(C)OC(C)C4)cc3)o2)cc1. The molecule has 2 heterocycles. The number of carbonyl (C=O) groups is 1. The summed E-state index contributed by atoms with van der Waals surface area (Å²) < 4.78 is 43.9. The van der Waals surface area contributed by atoms with Gasteiger partial charge in [0.25, 0.3) is 5.91 Å². The third-order valence-corrected chi connectivity index (χ3v) is 7.04. The minimum Gasteiger partial charge on any atom is -0.494 e. The standard InChI is InChI=1S/C23H26N4O6S/c1-4-31-19-9-5-18(6-10-19)22-25-26-23(33-22)24-21(28)17-7-11-20(12-8-17)34(29,30)27-13-15(2)32-16(3)14-27/h5-12,15-16H,4,13-14H2,1-3H3,(H,24,26,28). The summed E-state index contributed by atoms with van der Waals surface area (Å²) in [6, 6.07) is 12.8. The number of anilines is 1. The van der Waals surface area contributed by atoms with Crippen molar-refractivity contribution in [3.05, 3.63) is 54.1 Å². The number of nitrogens with one attached hydrogen (secondary N) is 1. The average molecular weight is 487 g/mol. The van der Waals surface area contributed by atoms with Crippen molar-refractivity contribution in [1.29, 1.82) is 0 Å². The Hall–Kier alpha value is -3.28. The van der Waals surface area contributed by atoms with E-state index in [1.165, 1.54) is 28.6 Å². The first kappa shape index (κ1) is 23.9. The highest BCUT2D eigenvalue weighted by atomic mass is 32.2. The fraction of sp³-hybridized carbons (Fsp3) is 0.348. The van der Waals surface area contributed by atoms with Crippen LogP contribution in [0.2, 0.25) is 0 Å². The zero-order chi connectivity index (χ0) is 24.3. The number of ether oxygens (including phenoxy) is 2. The minimum absolute atomic E-state index is 0.0677. The molecule has 0 spiro atoms. The Bertz CT molecular complexity index is 1230. The maximum Gasteiger partial charge on any atom is 0.322 e. The van der Waals surface area contributed by atoms with E-state index in [1.807, 2.05) is 20.8 Å². The van der Waals surface area contributed by atoms with Crippen molar-refractivity contribution in [2.75, 3.05) is 25.0 Å². The van der Waals surface area contributed by atoms with Gasteiger partial charge >= 0.3 is 6.01 Å². The van der Waals surface area contributed by atoms with Crippen molar-refractivity contribution in [3.63, 3.8) is 0 Å². The van der Waals surface area contributed by atoms with Gasteiger partial charge in [0.05, 0.1) is 23.7 Å². The lowest BCUT2D eigenvalue weighted by Gasteiger charge is -2.34. The Kier molecular flexibility index (Phi) is 6.96. The molecule has 1 fully saturated rings. The van der Waals surface area contributed by atoms with Gasteiger partial charge in [0.15, 0.2) is 0 Å². The Morgan fingerprint density at radius 3 is 2.32 bits per heavy atom. The van der Waals surface area contributed by atoms with Crippen molar-refractivity contribution in [1.82, 2.24) is 14.5 Å². The maximum atomic E-state index is 13.0. The number of rotatable bonds is 7. The summed E-state index contributed by atoms with van der Waals surface area (Å²) in [6.45, 7) is 6.70. The quantitative estimate of drug-likeness (QED) is 0.540. The van der Waals surface area contributed by atoms with E-state index in [0.29, 0.717) is 12.2 Å². The predicted molar refractivity (Wildman–Crippen MR) is 124 cm³/mol. The van der Waals surface area contributed by atoms with Crippen LogP contribution in [0.1, 0.15) is 31.1 Å². The highest BCUT2D eigenvalue weighted by Gasteiger charge is 2.32. The molecule has 10 nitrogen and oxygen atoms in total. The molecule has 1 aliphatic heterocycles. The van der Waals surface area contributed by atoms with Gasteiger partial charge in [-0.25, -0.2) is 8.42 Å². The van der Waals surface area contributed by atoms with Crippen LogP contribution in [0.25, 0.3) is 11.5 Å². The van der Waals surface area contributed by atoms with Crippen LogP contribution in [-0.2, 0) is 14.8 Å². The molecule has 1 saturated heterocycles. The first-order valence-corrected chi connectivity index (χ1v) is 12.3. The molecule has 2 aromatic carbocycles. The van der Waals surface area contributed by atoms with Crippen LogP contribution >= 0.6 is 0 Å². The zero-order valence-corrected chi connectivity index (χ0v) is 19.9. The molecule has 4 rings (SSSR count). The molecule has 180 valence electrons. The van der Waals surface area contributed by atoms with E-state index >= 15 is 0 Å². The van der Waals surface area contributed by atoms with E-state index < -0.39 is 15.9 Å². The lowest BCUT2D eigenvalue weighted by atomic mass is 10.2. The predicted octanol–water partition coefficient (Wildman–Crippen LogP) is 3.19. The number of benzene rings is 2. The first-order valence-electron chi connectivity index (χ1n) is 10.9. The van der Waals surface area contributed by atoms with Crippen LogP contribution in [0.4, 0.5) is 6.01 Å². The van der Waals surface area contributed by atoms with Gasteiger partial charge in [-0.3, -0.25) is 10.1 Å². The Morgan fingerprint density at radius 2 is 1.71 bits per heavy atom. The Labute approximate surface area is 197 Å². The van der Waals surface area contributed by atoms with E-state index in [0.717, 1.165) is 5.75 Å². The molecule has 0 aliphatic carbocycles. The summed E-state index contributed by atoms with van der Waals surface area (Å²) in [4.78, 5) is 12.7. The van der Waals surface area contributed by atoms with Crippen LogP contribution in [0.5, 0.6) is 5.75 Å². The fourth-order valence-corrected chi connectivity index (χ4v) is 5.26. The van der Waals surface area contributed by atoms with Gasteiger partial charge in [0.1, 0.15) is 5.75 Å². The second-order valence-corrected chi connectivity index (χ2v) is 9.87. The number of hydrogen-bond donors (Lipinski definition) is 1. The van der Waals surface area contributed by atoms with Gasteiger partial charge in [-0.2, -0.15) is 4.31 Å². The molecule has 1 aromatic heterocycles. The van der Waals surface area contributed by atoms with Crippen LogP contribution in [0.3, 0.4) is 0 Å². The maximum absolute atomic E-state index is 13.0. The third-order valence-electron chi connectivity index (χ3n) is 5.20. The molecule has 2 atom stereocenters. The summed E-state index contributed by atoms with van der Waals surface area (Å²) in [5.41, 5.74) is 0.932. The molecule has 11 heteroatoms. The normalized spacial score (nSPS) is 19.0. The number of hydrogen-bond acceptors (Lipinski definition) is 8. The van der Waals surface area contributed by atoms with Crippen molar-refractivity contribution in [2.45, 2.75) is 37.9 Å². The van der Waals surface area contributed by atoms with Gasteiger partial charge in [0.2, 0.25) is 15.9 Å². The van der Waals surface area contributed by atoms with Gasteiger partial charge in [-0.1, -0.05) is 5.10 Å². The molecule has 3 aromatic rings. The van der Waals surface area contributed by atoms with Gasteiger partial charge in [0, 0.05) is 24.2 Å². The number of morpholine rings is 1. The van der Waals surface area contributed by atoms with Crippen LogP contribution in [-0.4, -0.2) is 60.7 Å². The van der Waals surface area contributed by atoms with E-state index in [1.54, 1.807) is 24.3 Å². The lowest BCUT2D eigenvalue weighted by Crippen LogP contribution is -2.48. The number of sulfonamides is 1. The van der Waals surface area contributed by atoms with Crippen molar-refractivity contribution in [2.24, 2.45) is 0 Å². The highest BCUT2D eigenvalue weighted by molar-refractivity contribution is 7.89. The molecule has 0 radical (unpaired) electrons. The van der Waals surface area contributed by atoms with Crippen LogP contribution < -0.4 is 10.1 Å². The van der Waals surface area contributed by atoms with Gasteiger partial charge < -0.3 is 13.9 Å². The van der Waals surface area contributed by atoms with Crippen molar-refractivity contribution < 1.29 is 27.1 Å². The van der Waals surface area contributed by atoms with Crippen LogP contribution in [0, 0.1) is 0 Å². The van der Waals surface area contributed by atoms with Crippen molar-refractivity contribution >= 4 is 21.9 Å². The number of amides is 1. The highest BCUT2D eigenvalue weighted by Crippen LogP contribution is 2.24. The Morgan fingerprint density at radius 1 is 1.06 bits per heavy atom. The zero-order valence-electron chi connectivity index (χ0n) is 19.1. The average Bonchev–Trinajstić information content (AvgIpc) is 3.27. The van der Waals surface area contributed by atoms with Gasteiger partial charge in [-0.15, -0.1) is 5.10 Å². The van der Waals surface area contributed by atoms with E-state index in [2.05, 4.69) is 15.5 Å². The third kappa shape index (κ3) is 5.27. The molecule has 2 unspecified atom stereocenters. The molecule has 1 aliphatic rings. The molecular weight excluding hydrogens is 460 g/mol. The summed E-state index contributed by atoms with van der Waals surface area (Å²) in [7, 11) is -3.69. The summed E-state index contributed by atoms with van der Waals surface area (Å²) in [5, 5.41) is 10.3. The lowest BCUT2D eigenvalue weighted by molar-refractivity contribution is -0.0440. The molecule has 1 amide bonds. The molecule has 1 N–H and O–H groups in total. The Balaban J connectivity index is 1.42. The number of aromatic nitrogens is 2. The van der Waals surface area contributed by atoms with Gasteiger partial charge in [-0.05, 0) is 69.3 Å². The number of carbonyl (C=O) groups excluding carboxylic acids is 1. The van der Waals surface area contributed by atoms with E-state index in [-0.39, 0.29) is 47.7 Å². The molecular formula is C23H26N4O6S. The first-order chi connectivity index (χ1) is 16.3. The van der Waals surface area contributed by atoms with E-state index in [4.69, 9.17) is 13.9 Å². The van der Waals surface area contributed by atoms with Crippen LogP contribution in [0.15, 0.2) is 57.8 Å². The minimum atomic E-state index is -3.69. The second kappa shape index (κ2) is 9.92. The summed E-state index contributed by atoms with van der Waals surface area (Å²) >= 11 is 0.